The Morgan fingerprint density at radius 2 is 2.00 bits per heavy atom. The summed E-state index contributed by atoms with van der Waals surface area (Å²) in [4.78, 5) is 26.9. The second-order valence-electron chi connectivity index (χ2n) is 6.90. The number of likely N-dealkylation sites (N-methyl/N-ethyl adjacent to an activating group) is 1. The molecule has 0 saturated heterocycles. The monoisotopic (exact) mass is 387 g/mol. The zero-order valence-electron chi connectivity index (χ0n) is 15.8. The van der Waals surface area contributed by atoms with Gasteiger partial charge in [-0.1, -0.05) is 18.2 Å². The number of hydrogen-bond acceptors (Lipinski definition) is 3. The predicted molar refractivity (Wildman–Crippen MR) is 103 cm³/mol. The molecule has 2 aromatic carbocycles. The molecule has 0 aliphatic carbocycles. The Kier molecular flexibility index (Phi) is 6.04. The lowest BCUT2D eigenvalue weighted by atomic mass is 10.1. The minimum atomic E-state index is -0.743. The largest absolute Gasteiger partial charge is 0.343 e. The van der Waals surface area contributed by atoms with Gasteiger partial charge in [0.2, 0.25) is 11.8 Å². The maximum absolute atomic E-state index is 14.2. The Morgan fingerprint density at radius 3 is 2.75 bits per heavy atom. The number of carbonyl (C=O) groups excluding carboxylic acids is 2. The summed E-state index contributed by atoms with van der Waals surface area (Å²) in [5, 5.41) is 5.61. The normalized spacial score (nSPS) is 17.6. The van der Waals surface area contributed by atoms with Crippen molar-refractivity contribution in [1.82, 2.24) is 10.6 Å². The third kappa shape index (κ3) is 4.20. The van der Waals surface area contributed by atoms with Crippen LogP contribution >= 0.6 is 0 Å². The van der Waals surface area contributed by atoms with Crippen molar-refractivity contribution in [2.24, 2.45) is 0 Å². The number of nitrogens with zero attached hydrogens (tertiary/aromatic N) is 1. The summed E-state index contributed by atoms with van der Waals surface area (Å²) in [7, 11) is 1.66. The lowest BCUT2D eigenvalue weighted by Crippen LogP contribution is -2.52. The maximum atomic E-state index is 14.2. The van der Waals surface area contributed by atoms with Crippen LogP contribution in [-0.4, -0.2) is 30.9 Å². The van der Waals surface area contributed by atoms with Crippen LogP contribution in [0.15, 0.2) is 42.5 Å². The molecule has 5 nitrogen and oxygen atoms in total. The van der Waals surface area contributed by atoms with Crippen molar-refractivity contribution in [1.29, 1.82) is 0 Å². The molecule has 3 rings (SSSR count). The first kappa shape index (κ1) is 19.9. The topological polar surface area (TPSA) is 61.4 Å². The smallest absolute Gasteiger partial charge is 0.249 e. The molecule has 1 aliphatic heterocycles. The maximum Gasteiger partial charge on any atom is 0.249 e. The summed E-state index contributed by atoms with van der Waals surface area (Å²) in [5.74, 6) is -1.78. The first-order valence-electron chi connectivity index (χ1n) is 9.21. The summed E-state index contributed by atoms with van der Waals surface area (Å²) >= 11 is 0. The molecular weight excluding hydrogens is 364 g/mol. The number of hydrogen-bond donors (Lipinski definition) is 2. The molecule has 28 heavy (non-hydrogen) atoms. The van der Waals surface area contributed by atoms with Gasteiger partial charge in [-0.3, -0.25) is 9.59 Å². The van der Waals surface area contributed by atoms with Gasteiger partial charge in [-0.25, -0.2) is 8.78 Å². The summed E-state index contributed by atoms with van der Waals surface area (Å²) in [6, 6.07) is 9.33. The molecule has 1 aliphatic rings. The lowest BCUT2D eigenvalue weighted by Gasteiger charge is -2.27. The Morgan fingerprint density at radius 1 is 1.25 bits per heavy atom. The summed E-state index contributed by atoms with van der Waals surface area (Å²) in [5.41, 5.74) is 1.65. The molecule has 2 amide bonds. The number of carbonyl (C=O) groups is 2. The average molecular weight is 387 g/mol. The second-order valence-corrected chi connectivity index (χ2v) is 6.90. The van der Waals surface area contributed by atoms with Gasteiger partial charge >= 0.3 is 0 Å². The zero-order chi connectivity index (χ0) is 20.3. The summed E-state index contributed by atoms with van der Waals surface area (Å²) in [6.07, 6.45) is 1.02. The van der Waals surface area contributed by atoms with Crippen molar-refractivity contribution in [3.8, 4) is 0 Å². The lowest BCUT2D eigenvalue weighted by molar-refractivity contribution is -0.128. The molecule has 0 spiro atoms. The highest BCUT2D eigenvalue weighted by Crippen LogP contribution is 2.29. The SMILES string of the molecule is CN[C@@H](C)C(=O)N[C@H]1CCc2ccccc2N(Cc2cc(F)ccc2F)C1=O. The fourth-order valence-corrected chi connectivity index (χ4v) is 3.28. The molecule has 148 valence electrons. The van der Waals surface area contributed by atoms with Crippen LogP contribution in [-0.2, 0) is 22.6 Å². The Hall–Kier alpha value is -2.80. The average Bonchev–Trinajstić information content (AvgIpc) is 2.82. The molecule has 7 heteroatoms. The molecule has 2 N–H and O–H groups in total. The second kappa shape index (κ2) is 8.48. The van der Waals surface area contributed by atoms with Crippen molar-refractivity contribution >= 4 is 17.5 Å². The molecule has 0 saturated carbocycles. The van der Waals surface area contributed by atoms with E-state index in [4.69, 9.17) is 0 Å². The van der Waals surface area contributed by atoms with Gasteiger partial charge < -0.3 is 15.5 Å². The van der Waals surface area contributed by atoms with Crippen LogP contribution in [0, 0.1) is 11.6 Å². The molecule has 0 bridgehead atoms. The highest BCUT2D eigenvalue weighted by atomic mass is 19.1. The van der Waals surface area contributed by atoms with Gasteiger partial charge in [-0.2, -0.15) is 0 Å². The third-order valence-electron chi connectivity index (χ3n) is 5.03. The first-order valence-corrected chi connectivity index (χ1v) is 9.21. The minimum absolute atomic E-state index is 0.0822. The molecule has 1 heterocycles. The van der Waals surface area contributed by atoms with E-state index in [1.54, 1.807) is 26.1 Å². The van der Waals surface area contributed by atoms with Crippen LogP contribution in [0.4, 0.5) is 14.5 Å². The minimum Gasteiger partial charge on any atom is -0.343 e. The van der Waals surface area contributed by atoms with Crippen LogP contribution in [0.5, 0.6) is 0 Å². The van der Waals surface area contributed by atoms with Crippen molar-refractivity contribution in [2.45, 2.75) is 38.4 Å². The first-order chi connectivity index (χ1) is 13.4. The fourth-order valence-electron chi connectivity index (χ4n) is 3.28. The molecule has 0 unspecified atom stereocenters. The molecule has 0 radical (unpaired) electrons. The number of amides is 2. The number of halogens is 2. The van der Waals surface area contributed by atoms with Crippen molar-refractivity contribution in [3.05, 3.63) is 65.2 Å². The van der Waals surface area contributed by atoms with Crippen LogP contribution in [0.25, 0.3) is 0 Å². The highest BCUT2D eigenvalue weighted by Gasteiger charge is 2.32. The van der Waals surface area contributed by atoms with Crippen molar-refractivity contribution in [2.75, 3.05) is 11.9 Å². The van der Waals surface area contributed by atoms with Gasteiger partial charge in [0, 0.05) is 11.3 Å². The molecule has 2 aromatic rings. The number of nitrogens with one attached hydrogen (secondary N) is 2. The zero-order valence-corrected chi connectivity index (χ0v) is 15.8. The Labute approximate surface area is 162 Å². The van der Waals surface area contributed by atoms with Crippen LogP contribution in [0.2, 0.25) is 0 Å². The molecule has 0 aromatic heterocycles. The predicted octanol–water partition coefficient (Wildman–Crippen LogP) is 2.54. The van der Waals surface area contributed by atoms with E-state index in [0.29, 0.717) is 18.5 Å². The van der Waals surface area contributed by atoms with E-state index in [0.717, 1.165) is 23.8 Å². The van der Waals surface area contributed by atoms with E-state index in [1.165, 1.54) is 4.90 Å². The van der Waals surface area contributed by atoms with Gasteiger partial charge in [0.05, 0.1) is 12.6 Å². The summed E-state index contributed by atoms with van der Waals surface area (Å²) < 4.78 is 27.8. The third-order valence-corrected chi connectivity index (χ3v) is 5.03. The van der Waals surface area contributed by atoms with E-state index < -0.39 is 23.7 Å². The molecule has 0 fully saturated rings. The molecule has 2 atom stereocenters. The Bertz CT molecular complexity index is 888. The number of rotatable bonds is 5. The van der Waals surface area contributed by atoms with Gasteiger partial charge in [0.15, 0.2) is 0 Å². The van der Waals surface area contributed by atoms with Crippen molar-refractivity contribution < 1.29 is 18.4 Å². The quantitative estimate of drug-likeness (QED) is 0.829. The number of aryl methyl sites for hydroxylation is 1. The number of anilines is 1. The van der Waals surface area contributed by atoms with Crippen LogP contribution in [0.1, 0.15) is 24.5 Å². The van der Waals surface area contributed by atoms with E-state index in [2.05, 4.69) is 10.6 Å². The number of para-hydroxylation sites is 1. The standard InChI is InChI=1S/C21H23F2N3O2/c1-13(24-2)20(27)25-18-10-7-14-5-3-4-6-19(14)26(21(18)28)12-15-11-16(22)8-9-17(15)23/h3-6,8-9,11,13,18,24H,7,10,12H2,1-2H3,(H,25,27)/t13-,18-/m0/s1. The number of fused-ring (bicyclic) bond motifs is 1. The van der Waals surface area contributed by atoms with Gasteiger partial charge in [-0.15, -0.1) is 0 Å². The van der Waals surface area contributed by atoms with Gasteiger partial charge in [0.1, 0.15) is 17.7 Å². The van der Waals surface area contributed by atoms with E-state index in [1.807, 2.05) is 12.1 Å². The van der Waals surface area contributed by atoms with Crippen LogP contribution < -0.4 is 15.5 Å². The van der Waals surface area contributed by atoms with E-state index in [9.17, 15) is 18.4 Å². The summed E-state index contributed by atoms with van der Waals surface area (Å²) in [6.45, 7) is 1.58. The highest BCUT2D eigenvalue weighted by molar-refractivity contribution is 6.00. The number of benzene rings is 2. The van der Waals surface area contributed by atoms with Gasteiger partial charge in [0.25, 0.3) is 0 Å². The van der Waals surface area contributed by atoms with Crippen molar-refractivity contribution in [3.63, 3.8) is 0 Å². The van der Waals surface area contributed by atoms with Gasteiger partial charge in [-0.05, 0) is 56.6 Å². The molecular formula is C21H23F2N3O2. The van der Waals surface area contributed by atoms with E-state index in [-0.39, 0.29) is 23.9 Å². The van der Waals surface area contributed by atoms with Crippen LogP contribution in [0.3, 0.4) is 0 Å². The fraction of sp³-hybridized carbons (Fsp3) is 0.333. The van der Waals surface area contributed by atoms with E-state index >= 15 is 0 Å². The Balaban J connectivity index is 1.94.